The highest BCUT2D eigenvalue weighted by atomic mass is 16.5. The molecule has 1 aliphatic rings. The van der Waals surface area contributed by atoms with Gasteiger partial charge in [0, 0.05) is 24.4 Å². The summed E-state index contributed by atoms with van der Waals surface area (Å²) in [4.78, 5) is 37.9. The lowest BCUT2D eigenvalue weighted by Crippen LogP contribution is -2.47. The lowest BCUT2D eigenvalue weighted by atomic mass is 9.94. The van der Waals surface area contributed by atoms with E-state index in [-0.39, 0.29) is 18.5 Å². The minimum atomic E-state index is -0.597. The van der Waals surface area contributed by atoms with Gasteiger partial charge < -0.3 is 15.4 Å². The standard InChI is InChI=1S/C19H25N3O4/c1-5-15(23)20-14-10-8-13(9-11-14)17-16(18(24)26-7-3)12(4)22(6-2)19(25)21-17/h8-11,17H,5-7H2,1-4H3,(H,20,23)(H,21,25). The quantitative estimate of drug-likeness (QED) is 0.765. The number of allylic oxidation sites excluding steroid dienone is 1. The van der Waals surface area contributed by atoms with Gasteiger partial charge in [-0.3, -0.25) is 9.69 Å². The Labute approximate surface area is 153 Å². The third kappa shape index (κ3) is 4.04. The van der Waals surface area contributed by atoms with E-state index in [1.165, 1.54) is 4.90 Å². The molecule has 1 unspecified atom stereocenters. The van der Waals surface area contributed by atoms with Crippen molar-refractivity contribution in [2.45, 2.75) is 40.2 Å². The molecule has 2 rings (SSSR count). The lowest BCUT2D eigenvalue weighted by molar-refractivity contribution is -0.139. The molecule has 2 N–H and O–H groups in total. The molecule has 1 aromatic carbocycles. The molecule has 7 nitrogen and oxygen atoms in total. The van der Waals surface area contributed by atoms with E-state index >= 15 is 0 Å². The zero-order valence-corrected chi connectivity index (χ0v) is 15.6. The Bertz CT molecular complexity index is 725. The minimum absolute atomic E-state index is 0.0785. The Kier molecular flexibility index (Phi) is 6.38. The summed E-state index contributed by atoms with van der Waals surface area (Å²) in [5, 5.41) is 5.64. The molecule has 1 atom stereocenters. The van der Waals surface area contributed by atoms with Crippen molar-refractivity contribution in [3.63, 3.8) is 0 Å². The van der Waals surface area contributed by atoms with Gasteiger partial charge in [0.15, 0.2) is 0 Å². The Balaban J connectivity index is 2.38. The van der Waals surface area contributed by atoms with Crippen molar-refractivity contribution in [3.05, 3.63) is 41.1 Å². The van der Waals surface area contributed by atoms with Gasteiger partial charge in [-0.15, -0.1) is 0 Å². The smallest absolute Gasteiger partial charge is 0.338 e. The number of hydrogen-bond acceptors (Lipinski definition) is 4. The van der Waals surface area contributed by atoms with Crippen LogP contribution in [0.25, 0.3) is 0 Å². The van der Waals surface area contributed by atoms with Gasteiger partial charge in [-0.25, -0.2) is 9.59 Å². The Morgan fingerprint density at radius 1 is 1.19 bits per heavy atom. The fraction of sp³-hybridized carbons (Fsp3) is 0.421. The second-order valence-electron chi connectivity index (χ2n) is 5.87. The van der Waals surface area contributed by atoms with Gasteiger partial charge in [0.2, 0.25) is 5.91 Å². The first-order valence-electron chi connectivity index (χ1n) is 8.78. The van der Waals surface area contributed by atoms with Crippen molar-refractivity contribution in [2.75, 3.05) is 18.5 Å². The largest absolute Gasteiger partial charge is 0.463 e. The molecule has 1 heterocycles. The number of ether oxygens (including phenoxy) is 1. The van der Waals surface area contributed by atoms with Crippen LogP contribution in [0, 0.1) is 0 Å². The van der Waals surface area contributed by atoms with Gasteiger partial charge in [0.05, 0.1) is 18.2 Å². The van der Waals surface area contributed by atoms with Crippen LogP contribution in [0.4, 0.5) is 10.5 Å². The molecule has 1 aromatic rings. The number of esters is 1. The summed E-state index contributed by atoms with van der Waals surface area (Å²) >= 11 is 0. The van der Waals surface area contributed by atoms with Crippen LogP contribution in [0.15, 0.2) is 35.5 Å². The summed E-state index contributed by atoms with van der Waals surface area (Å²) in [5.41, 5.74) is 2.41. The van der Waals surface area contributed by atoms with Gasteiger partial charge in [0.25, 0.3) is 0 Å². The molecule has 140 valence electrons. The fourth-order valence-corrected chi connectivity index (χ4v) is 2.89. The molecule has 26 heavy (non-hydrogen) atoms. The molecule has 0 bridgehead atoms. The Morgan fingerprint density at radius 2 is 1.85 bits per heavy atom. The van der Waals surface area contributed by atoms with E-state index in [4.69, 9.17) is 4.74 Å². The number of nitrogens with one attached hydrogen (secondary N) is 2. The average molecular weight is 359 g/mol. The number of hydrogen-bond donors (Lipinski definition) is 2. The van der Waals surface area contributed by atoms with E-state index in [0.29, 0.717) is 29.9 Å². The van der Waals surface area contributed by atoms with Gasteiger partial charge in [-0.05, 0) is 38.5 Å². The summed E-state index contributed by atoms with van der Waals surface area (Å²) in [5.74, 6) is -0.526. The van der Waals surface area contributed by atoms with Gasteiger partial charge in [0.1, 0.15) is 0 Å². The first-order valence-corrected chi connectivity index (χ1v) is 8.78. The summed E-state index contributed by atoms with van der Waals surface area (Å²) in [6.45, 7) is 7.82. The highest BCUT2D eigenvalue weighted by molar-refractivity contribution is 5.95. The molecule has 0 fully saturated rings. The summed E-state index contributed by atoms with van der Waals surface area (Å²) in [7, 11) is 0. The van der Waals surface area contributed by atoms with E-state index in [0.717, 1.165) is 5.56 Å². The second-order valence-corrected chi connectivity index (χ2v) is 5.87. The van der Waals surface area contributed by atoms with Crippen LogP contribution in [-0.2, 0) is 14.3 Å². The van der Waals surface area contributed by atoms with Crippen LogP contribution < -0.4 is 10.6 Å². The SMILES string of the molecule is CCOC(=O)C1=C(C)N(CC)C(=O)NC1c1ccc(NC(=O)CC)cc1. The molecular weight excluding hydrogens is 334 g/mol. The van der Waals surface area contributed by atoms with E-state index in [2.05, 4.69) is 10.6 Å². The molecule has 3 amide bonds. The fourth-order valence-electron chi connectivity index (χ4n) is 2.89. The number of amides is 3. The zero-order chi connectivity index (χ0) is 19.3. The van der Waals surface area contributed by atoms with Crippen molar-refractivity contribution in [1.82, 2.24) is 10.2 Å². The predicted octanol–water partition coefficient (Wildman–Crippen LogP) is 2.96. The van der Waals surface area contributed by atoms with Gasteiger partial charge in [-0.1, -0.05) is 19.1 Å². The van der Waals surface area contributed by atoms with Crippen molar-refractivity contribution < 1.29 is 19.1 Å². The highest BCUT2D eigenvalue weighted by Crippen LogP contribution is 2.31. The number of urea groups is 1. The third-order valence-electron chi connectivity index (χ3n) is 4.26. The minimum Gasteiger partial charge on any atom is -0.463 e. The number of rotatable bonds is 6. The molecular formula is C19H25N3O4. The maximum absolute atomic E-state index is 12.5. The van der Waals surface area contributed by atoms with Crippen LogP contribution in [0.1, 0.15) is 45.7 Å². The van der Waals surface area contributed by atoms with Crippen LogP contribution in [0.2, 0.25) is 0 Å². The van der Waals surface area contributed by atoms with Crippen molar-refractivity contribution in [2.24, 2.45) is 0 Å². The second kappa shape index (κ2) is 8.51. The molecule has 0 saturated heterocycles. The molecule has 0 radical (unpaired) electrons. The van der Waals surface area contributed by atoms with Crippen molar-refractivity contribution in [1.29, 1.82) is 0 Å². The Morgan fingerprint density at radius 3 is 2.38 bits per heavy atom. The number of anilines is 1. The van der Waals surface area contributed by atoms with Crippen LogP contribution >= 0.6 is 0 Å². The monoisotopic (exact) mass is 359 g/mol. The lowest BCUT2D eigenvalue weighted by Gasteiger charge is -2.34. The molecule has 0 spiro atoms. The highest BCUT2D eigenvalue weighted by Gasteiger charge is 2.35. The van der Waals surface area contributed by atoms with Crippen LogP contribution in [-0.4, -0.2) is 36.0 Å². The summed E-state index contributed by atoms with van der Waals surface area (Å²) < 4.78 is 5.19. The molecule has 0 aliphatic carbocycles. The predicted molar refractivity (Wildman–Crippen MR) is 98.3 cm³/mol. The average Bonchev–Trinajstić information content (AvgIpc) is 2.62. The molecule has 0 saturated carbocycles. The number of carbonyl (C=O) groups excluding carboxylic acids is 3. The van der Waals surface area contributed by atoms with Crippen LogP contribution in [0.5, 0.6) is 0 Å². The molecule has 0 aromatic heterocycles. The Hall–Kier alpha value is -2.83. The normalized spacial score (nSPS) is 17.0. The summed E-state index contributed by atoms with van der Waals surface area (Å²) in [6.07, 6.45) is 0.391. The topological polar surface area (TPSA) is 87.7 Å². The third-order valence-corrected chi connectivity index (χ3v) is 4.26. The maximum atomic E-state index is 12.5. The van der Waals surface area contributed by atoms with Crippen LogP contribution in [0.3, 0.4) is 0 Å². The molecule has 1 aliphatic heterocycles. The molecule has 7 heteroatoms. The summed E-state index contributed by atoms with van der Waals surface area (Å²) in [6, 6.07) is 6.21. The van der Waals surface area contributed by atoms with Crippen molar-refractivity contribution in [3.8, 4) is 0 Å². The van der Waals surface area contributed by atoms with Crippen molar-refractivity contribution >= 4 is 23.6 Å². The van der Waals surface area contributed by atoms with Gasteiger partial charge in [-0.2, -0.15) is 0 Å². The maximum Gasteiger partial charge on any atom is 0.338 e. The zero-order valence-electron chi connectivity index (χ0n) is 15.6. The van der Waals surface area contributed by atoms with Gasteiger partial charge >= 0.3 is 12.0 Å². The van der Waals surface area contributed by atoms with E-state index < -0.39 is 12.0 Å². The van der Waals surface area contributed by atoms with E-state index in [1.807, 2.05) is 6.92 Å². The van der Waals surface area contributed by atoms with E-state index in [9.17, 15) is 14.4 Å². The number of benzene rings is 1. The first kappa shape index (κ1) is 19.5. The number of nitrogens with zero attached hydrogens (tertiary/aromatic N) is 1. The number of carbonyl (C=O) groups is 3. The van der Waals surface area contributed by atoms with E-state index in [1.54, 1.807) is 45.0 Å². The first-order chi connectivity index (χ1) is 12.4.